The molecule has 4 nitrogen and oxygen atoms in total. The third kappa shape index (κ3) is 3.74. The van der Waals surface area contributed by atoms with Gasteiger partial charge in [-0.05, 0) is 25.3 Å². The number of nitrogens with zero attached hydrogens (tertiary/aromatic N) is 1. The zero-order valence-corrected chi connectivity index (χ0v) is 7.91. The monoisotopic (exact) mass is 186 g/mol. The normalized spacial score (nSPS) is 23.6. The summed E-state index contributed by atoms with van der Waals surface area (Å²) in [5, 5.41) is 8.51. The Balaban J connectivity index is 2.13. The summed E-state index contributed by atoms with van der Waals surface area (Å²) in [6, 6.07) is 0. The van der Waals surface area contributed by atoms with Crippen molar-refractivity contribution in [3.63, 3.8) is 0 Å². The van der Waals surface area contributed by atoms with Crippen molar-refractivity contribution in [1.29, 1.82) is 0 Å². The molecule has 0 radical (unpaired) electrons. The molecule has 1 atom stereocenters. The van der Waals surface area contributed by atoms with Gasteiger partial charge in [-0.25, -0.2) is 0 Å². The zero-order valence-electron chi connectivity index (χ0n) is 7.91. The van der Waals surface area contributed by atoms with Gasteiger partial charge in [0.15, 0.2) is 0 Å². The molecule has 0 amide bonds. The number of carboxylic acid groups (broad SMARTS) is 1. The lowest BCUT2D eigenvalue weighted by molar-refractivity contribution is -0.137. The van der Waals surface area contributed by atoms with Crippen molar-refractivity contribution < 1.29 is 9.90 Å². The Morgan fingerprint density at radius 1 is 1.62 bits per heavy atom. The van der Waals surface area contributed by atoms with Crippen LogP contribution in [-0.2, 0) is 4.79 Å². The van der Waals surface area contributed by atoms with Crippen molar-refractivity contribution in [1.82, 2.24) is 4.90 Å². The molecule has 1 heterocycles. The van der Waals surface area contributed by atoms with Gasteiger partial charge in [0.25, 0.3) is 0 Å². The van der Waals surface area contributed by atoms with Crippen LogP contribution in [0.25, 0.3) is 0 Å². The van der Waals surface area contributed by atoms with Crippen LogP contribution in [0.1, 0.15) is 19.3 Å². The summed E-state index contributed by atoms with van der Waals surface area (Å²) in [6.07, 6.45) is 2.25. The van der Waals surface area contributed by atoms with Gasteiger partial charge in [-0.15, -0.1) is 0 Å². The van der Waals surface area contributed by atoms with Crippen LogP contribution in [-0.4, -0.2) is 42.2 Å². The highest BCUT2D eigenvalue weighted by molar-refractivity contribution is 5.66. The molecule has 4 heteroatoms. The second-order valence-electron chi connectivity index (χ2n) is 3.68. The molecule has 0 saturated carbocycles. The van der Waals surface area contributed by atoms with Gasteiger partial charge in [-0.1, -0.05) is 0 Å². The number of carboxylic acids is 1. The Labute approximate surface area is 78.7 Å². The fourth-order valence-electron chi connectivity index (χ4n) is 1.86. The molecule has 1 fully saturated rings. The Hall–Kier alpha value is -0.610. The first-order valence-corrected chi connectivity index (χ1v) is 4.86. The number of rotatable bonds is 5. The van der Waals surface area contributed by atoms with E-state index in [9.17, 15) is 4.79 Å². The highest BCUT2D eigenvalue weighted by Gasteiger charge is 2.21. The van der Waals surface area contributed by atoms with E-state index < -0.39 is 5.97 Å². The maximum Gasteiger partial charge on any atom is 0.303 e. The van der Waals surface area contributed by atoms with Gasteiger partial charge in [0.1, 0.15) is 0 Å². The molecule has 0 aromatic rings. The van der Waals surface area contributed by atoms with Gasteiger partial charge in [0.2, 0.25) is 0 Å². The quantitative estimate of drug-likeness (QED) is 0.640. The van der Waals surface area contributed by atoms with Crippen LogP contribution in [0.5, 0.6) is 0 Å². The third-order valence-electron chi connectivity index (χ3n) is 2.58. The van der Waals surface area contributed by atoms with E-state index in [1.54, 1.807) is 0 Å². The highest BCUT2D eigenvalue weighted by Crippen LogP contribution is 2.20. The predicted octanol–water partition coefficient (Wildman–Crippen LogP) is 0.132. The maximum absolute atomic E-state index is 10.3. The number of nitrogens with two attached hydrogens (primary N) is 1. The van der Waals surface area contributed by atoms with Crippen molar-refractivity contribution >= 4 is 5.97 Å². The fraction of sp³-hybridized carbons (Fsp3) is 0.889. The van der Waals surface area contributed by atoms with Crippen LogP contribution < -0.4 is 5.73 Å². The molecular weight excluding hydrogens is 168 g/mol. The Morgan fingerprint density at radius 2 is 2.38 bits per heavy atom. The molecule has 0 aromatic heterocycles. The molecule has 1 aliphatic heterocycles. The average Bonchev–Trinajstić information content (AvgIpc) is 2.50. The van der Waals surface area contributed by atoms with E-state index in [2.05, 4.69) is 4.90 Å². The molecule has 76 valence electrons. The summed E-state index contributed by atoms with van der Waals surface area (Å²) in [7, 11) is 0. The smallest absolute Gasteiger partial charge is 0.303 e. The summed E-state index contributed by atoms with van der Waals surface area (Å²) >= 11 is 0. The van der Waals surface area contributed by atoms with Crippen LogP contribution in [0.4, 0.5) is 0 Å². The Morgan fingerprint density at radius 3 is 3.00 bits per heavy atom. The minimum atomic E-state index is -0.683. The predicted molar refractivity (Wildman–Crippen MR) is 50.5 cm³/mol. The lowest BCUT2D eigenvalue weighted by atomic mass is 10.0. The van der Waals surface area contributed by atoms with E-state index in [0.29, 0.717) is 18.9 Å². The van der Waals surface area contributed by atoms with Crippen LogP contribution in [0, 0.1) is 5.92 Å². The summed E-state index contributed by atoms with van der Waals surface area (Å²) in [6.45, 7) is 3.77. The van der Waals surface area contributed by atoms with Crippen molar-refractivity contribution in [2.24, 2.45) is 11.7 Å². The number of hydrogen-bond donors (Lipinski definition) is 2. The molecule has 0 aliphatic carbocycles. The molecule has 13 heavy (non-hydrogen) atoms. The molecule has 1 rings (SSSR count). The SMILES string of the molecule is NCCN1CCC(CCC(=O)O)C1. The molecule has 1 saturated heterocycles. The van der Waals surface area contributed by atoms with E-state index in [4.69, 9.17) is 10.8 Å². The highest BCUT2D eigenvalue weighted by atomic mass is 16.4. The second kappa shape index (κ2) is 5.19. The summed E-state index contributed by atoms with van der Waals surface area (Å²) in [5.41, 5.74) is 5.44. The van der Waals surface area contributed by atoms with E-state index >= 15 is 0 Å². The largest absolute Gasteiger partial charge is 0.481 e. The van der Waals surface area contributed by atoms with E-state index in [1.807, 2.05) is 0 Å². The third-order valence-corrected chi connectivity index (χ3v) is 2.58. The molecule has 1 aliphatic rings. The maximum atomic E-state index is 10.3. The van der Waals surface area contributed by atoms with E-state index in [1.165, 1.54) is 0 Å². The number of aliphatic carboxylic acids is 1. The van der Waals surface area contributed by atoms with Gasteiger partial charge in [0, 0.05) is 26.1 Å². The Kier molecular flexibility index (Phi) is 4.18. The van der Waals surface area contributed by atoms with E-state index in [-0.39, 0.29) is 0 Å². The standard InChI is InChI=1S/C9H18N2O2/c10-4-6-11-5-3-8(7-11)1-2-9(12)13/h8H,1-7,10H2,(H,12,13). The van der Waals surface area contributed by atoms with Crippen LogP contribution in [0.15, 0.2) is 0 Å². The number of carbonyl (C=O) groups is 1. The minimum Gasteiger partial charge on any atom is -0.481 e. The lowest BCUT2D eigenvalue weighted by Gasteiger charge is -2.13. The van der Waals surface area contributed by atoms with E-state index in [0.717, 1.165) is 32.5 Å². The first kappa shape index (κ1) is 10.5. The van der Waals surface area contributed by atoms with Gasteiger partial charge >= 0.3 is 5.97 Å². The first-order valence-electron chi connectivity index (χ1n) is 4.86. The fourth-order valence-corrected chi connectivity index (χ4v) is 1.86. The van der Waals surface area contributed by atoms with Gasteiger partial charge in [0.05, 0.1) is 0 Å². The molecule has 3 N–H and O–H groups in total. The molecule has 0 bridgehead atoms. The van der Waals surface area contributed by atoms with Crippen LogP contribution >= 0.6 is 0 Å². The molecular formula is C9H18N2O2. The summed E-state index contributed by atoms with van der Waals surface area (Å²) < 4.78 is 0. The van der Waals surface area contributed by atoms with Crippen LogP contribution in [0.2, 0.25) is 0 Å². The van der Waals surface area contributed by atoms with Crippen molar-refractivity contribution in [2.45, 2.75) is 19.3 Å². The molecule has 0 aromatic carbocycles. The van der Waals surface area contributed by atoms with Gasteiger partial charge < -0.3 is 15.7 Å². The Bertz CT molecular complexity index is 173. The number of likely N-dealkylation sites (tertiary alicyclic amines) is 1. The van der Waals surface area contributed by atoms with Crippen LogP contribution in [0.3, 0.4) is 0 Å². The van der Waals surface area contributed by atoms with Crippen molar-refractivity contribution in [3.05, 3.63) is 0 Å². The molecule has 0 spiro atoms. The average molecular weight is 186 g/mol. The van der Waals surface area contributed by atoms with Crippen molar-refractivity contribution in [2.75, 3.05) is 26.2 Å². The first-order chi connectivity index (χ1) is 6.22. The summed E-state index contributed by atoms with van der Waals surface area (Å²) in [5.74, 6) is -0.111. The topological polar surface area (TPSA) is 66.6 Å². The lowest BCUT2D eigenvalue weighted by Crippen LogP contribution is -2.27. The minimum absolute atomic E-state index is 0.307. The second-order valence-corrected chi connectivity index (χ2v) is 3.68. The number of hydrogen-bond acceptors (Lipinski definition) is 3. The zero-order chi connectivity index (χ0) is 9.68. The summed E-state index contributed by atoms with van der Waals surface area (Å²) in [4.78, 5) is 12.6. The van der Waals surface area contributed by atoms with Gasteiger partial charge in [-0.2, -0.15) is 0 Å². The van der Waals surface area contributed by atoms with Crippen molar-refractivity contribution in [3.8, 4) is 0 Å². The molecule has 1 unspecified atom stereocenters. The van der Waals surface area contributed by atoms with Gasteiger partial charge in [-0.3, -0.25) is 4.79 Å².